The van der Waals surface area contributed by atoms with E-state index in [2.05, 4.69) is 10.6 Å². The number of nitrogens with one attached hydrogen (secondary N) is 2. The molecule has 0 spiro atoms. The molecule has 4 heterocycles. The molecule has 1 amide bonds. The number of carbonyl (C=O) groups is 1. The summed E-state index contributed by atoms with van der Waals surface area (Å²) in [5.74, 6) is -0.00364. The molecule has 5 heteroatoms. The van der Waals surface area contributed by atoms with Crippen LogP contribution in [0.1, 0.15) is 29.6 Å². The van der Waals surface area contributed by atoms with Crippen LogP contribution in [0.15, 0.2) is 30.6 Å². The first kappa shape index (κ1) is 12.2. The lowest BCUT2D eigenvalue weighted by atomic mass is 9.95. The summed E-state index contributed by atoms with van der Waals surface area (Å²) in [5, 5.41) is 7.36. The van der Waals surface area contributed by atoms with Gasteiger partial charge >= 0.3 is 0 Å². The Morgan fingerprint density at radius 1 is 1.35 bits per heavy atom. The van der Waals surface area contributed by atoms with Gasteiger partial charge in [-0.3, -0.25) is 4.79 Å². The molecule has 20 heavy (non-hydrogen) atoms. The number of carbonyl (C=O) groups excluding carboxylic acids is 1. The summed E-state index contributed by atoms with van der Waals surface area (Å²) in [7, 11) is 0. The second-order valence-corrected chi connectivity index (χ2v) is 6.21. The number of amides is 1. The fraction of sp³-hybridized carbons (Fsp3) is 0.400. The Morgan fingerprint density at radius 3 is 3.00 bits per heavy atom. The topological polar surface area (TPSA) is 45.5 Å². The lowest BCUT2D eigenvalue weighted by molar-refractivity contribution is 0.0930. The average molecular weight is 290 g/mol. The van der Waals surface area contributed by atoms with Gasteiger partial charge in [-0.05, 0) is 37.5 Å². The zero-order chi connectivity index (χ0) is 13.7. The second-order valence-electron chi connectivity index (χ2n) is 5.77. The number of hydrogen-bond donors (Lipinski definition) is 2. The maximum absolute atomic E-state index is 12.3. The van der Waals surface area contributed by atoms with Crippen molar-refractivity contribution in [1.29, 1.82) is 0 Å². The first-order chi connectivity index (χ1) is 9.69. The van der Waals surface area contributed by atoms with Crippen molar-refractivity contribution in [2.45, 2.75) is 37.4 Å². The molecular formula is C15H16ClN3O. The van der Waals surface area contributed by atoms with Crippen molar-refractivity contribution >= 4 is 23.0 Å². The Kier molecular flexibility index (Phi) is 2.75. The molecule has 4 rings (SSSR count). The molecule has 0 radical (unpaired) electrons. The summed E-state index contributed by atoms with van der Waals surface area (Å²) in [6, 6.07) is 6.96. The third kappa shape index (κ3) is 2.00. The highest BCUT2D eigenvalue weighted by atomic mass is 35.5. The molecule has 104 valence electrons. The van der Waals surface area contributed by atoms with E-state index in [1.165, 1.54) is 12.8 Å². The van der Waals surface area contributed by atoms with Gasteiger partial charge < -0.3 is 15.0 Å². The van der Waals surface area contributed by atoms with Crippen LogP contribution in [0, 0.1) is 0 Å². The Hall–Kier alpha value is -1.52. The van der Waals surface area contributed by atoms with Crippen LogP contribution < -0.4 is 10.6 Å². The van der Waals surface area contributed by atoms with Crippen LogP contribution >= 0.6 is 11.6 Å². The molecule has 3 unspecified atom stereocenters. The molecule has 4 nitrogen and oxygen atoms in total. The normalized spacial score (nSPS) is 28.1. The standard InChI is InChI=1S/C15H16ClN3O/c16-10-5-12-3-1-9(7-19(12)8-10)15(20)18-14-6-11-2-4-13(14)17-11/h1,3,5,7-8,11,13-14,17H,2,4,6H2,(H,18,20). The van der Waals surface area contributed by atoms with E-state index >= 15 is 0 Å². The van der Waals surface area contributed by atoms with Gasteiger partial charge in [0.25, 0.3) is 5.91 Å². The van der Waals surface area contributed by atoms with Crippen molar-refractivity contribution in [3.63, 3.8) is 0 Å². The summed E-state index contributed by atoms with van der Waals surface area (Å²) < 4.78 is 1.89. The Morgan fingerprint density at radius 2 is 2.25 bits per heavy atom. The Labute approximate surface area is 122 Å². The molecule has 2 N–H and O–H groups in total. The molecule has 0 aliphatic carbocycles. The summed E-state index contributed by atoms with van der Waals surface area (Å²) in [6.07, 6.45) is 7.10. The molecule has 2 aromatic rings. The van der Waals surface area contributed by atoms with Crippen LogP contribution in [0.25, 0.3) is 5.52 Å². The van der Waals surface area contributed by atoms with Gasteiger partial charge in [-0.1, -0.05) is 11.6 Å². The number of hydrogen-bond acceptors (Lipinski definition) is 2. The first-order valence-corrected chi connectivity index (χ1v) is 7.41. The highest BCUT2D eigenvalue weighted by molar-refractivity contribution is 6.31. The third-order valence-corrected chi connectivity index (χ3v) is 4.64. The van der Waals surface area contributed by atoms with E-state index in [-0.39, 0.29) is 11.9 Å². The van der Waals surface area contributed by atoms with Crippen LogP contribution in [0.4, 0.5) is 0 Å². The van der Waals surface area contributed by atoms with Crippen molar-refractivity contribution in [2.24, 2.45) is 0 Å². The van der Waals surface area contributed by atoms with Crippen LogP contribution in [0.5, 0.6) is 0 Å². The Balaban J connectivity index is 1.54. The zero-order valence-corrected chi connectivity index (χ0v) is 11.7. The van der Waals surface area contributed by atoms with Crippen molar-refractivity contribution < 1.29 is 4.79 Å². The lowest BCUT2D eigenvalue weighted by Crippen LogP contribution is -2.42. The molecule has 2 fully saturated rings. The SMILES string of the molecule is O=C(NC1CC2CCC1N2)c1ccc2cc(Cl)cn2c1. The number of nitrogens with zero attached hydrogens (tertiary/aromatic N) is 1. The summed E-state index contributed by atoms with van der Waals surface area (Å²) in [6.45, 7) is 0. The number of pyridine rings is 1. The summed E-state index contributed by atoms with van der Waals surface area (Å²) in [5.41, 5.74) is 1.67. The van der Waals surface area contributed by atoms with E-state index < -0.39 is 0 Å². The van der Waals surface area contributed by atoms with Crippen LogP contribution in [-0.4, -0.2) is 28.4 Å². The van der Waals surface area contributed by atoms with Crippen molar-refractivity contribution in [2.75, 3.05) is 0 Å². The fourth-order valence-corrected chi connectivity index (χ4v) is 3.66. The zero-order valence-electron chi connectivity index (χ0n) is 11.0. The first-order valence-electron chi connectivity index (χ1n) is 7.03. The van der Waals surface area contributed by atoms with Crippen LogP contribution in [0.2, 0.25) is 5.02 Å². The Bertz CT molecular complexity index is 681. The van der Waals surface area contributed by atoms with E-state index in [0.29, 0.717) is 22.7 Å². The molecule has 2 saturated heterocycles. The smallest absolute Gasteiger partial charge is 0.253 e. The monoisotopic (exact) mass is 289 g/mol. The van der Waals surface area contributed by atoms with E-state index in [1.807, 2.05) is 35.0 Å². The molecule has 3 atom stereocenters. The van der Waals surface area contributed by atoms with Crippen molar-refractivity contribution in [1.82, 2.24) is 15.0 Å². The van der Waals surface area contributed by atoms with Crippen LogP contribution in [-0.2, 0) is 0 Å². The highest BCUT2D eigenvalue weighted by Crippen LogP contribution is 2.28. The minimum Gasteiger partial charge on any atom is -0.348 e. The van der Waals surface area contributed by atoms with Crippen molar-refractivity contribution in [3.8, 4) is 0 Å². The minimum absolute atomic E-state index is 0.00364. The predicted octanol–water partition coefficient (Wildman–Crippen LogP) is 2.22. The van der Waals surface area contributed by atoms with Gasteiger partial charge in [-0.25, -0.2) is 0 Å². The number of halogens is 1. The maximum atomic E-state index is 12.3. The molecule has 2 bridgehead atoms. The lowest BCUT2D eigenvalue weighted by Gasteiger charge is -2.21. The largest absolute Gasteiger partial charge is 0.348 e. The minimum atomic E-state index is -0.00364. The number of aromatic nitrogens is 1. The van der Waals surface area contributed by atoms with Gasteiger partial charge in [-0.2, -0.15) is 0 Å². The molecule has 2 aliphatic rings. The third-order valence-electron chi connectivity index (χ3n) is 4.44. The van der Waals surface area contributed by atoms with Gasteiger partial charge in [0, 0.05) is 36.0 Å². The van der Waals surface area contributed by atoms with E-state index in [9.17, 15) is 4.79 Å². The van der Waals surface area contributed by atoms with Crippen LogP contribution in [0.3, 0.4) is 0 Å². The van der Waals surface area contributed by atoms with E-state index in [0.717, 1.165) is 11.9 Å². The summed E-state index contributed by atoms with van der Waals surface area (Å²) in [4.78, 5) is 12.3. The quantitative estimate of drug-likeness (QED) is 0.890. The highest BCUT2D eigenvalue weighted by Gasteiger charge is 2.39. The van der Waals surface area contributed by atoms with Gasteiger partial charge in [-0.15, -0.1) is 0 Å². The van der Waals surface area contributed by atoms with E-state index in [4.69, 9.17) is 11.6 Å². The fourth-order valence-electron chi connectivity index (χ4n) is 3.44. The van der Waals surface area contributed by atoms with E-state index in [1.54, 1.807) is 0 Å². The molecule has 0 saturated carbocycles. The number of rotatable bonds is 2. The molecule has 2 aromatic heterocycles. The maximum Gasteiger partial charge on any atom is 0.253 e. The summed E-state index contributed by atoms with van der Waals surface area (Å²) >= 11 is 5.97. The average Bonchev–Trinajstić information content (AvgIpc) is 3.10. The van der Waals surface area contributed by atoms with Gasteiger partial charge in [0.2, 0.25) is 0 Å². The molecular weight excluding hydrogens is 274 g/mol. The van der Waals surface area contributed by atoms with Gasteiger partial charge in [0.15, 0.2) is 0 Å². The van der Waals surface area contributed by atoms with Gasteiger partial charge in [0.1, 0.15) is 0 Å². The predicted molar refractivity (Wildman–Crippen MR) is 78.2 cm³/mol. The number of fused-ring (bicyclic) bond motifs is 3. The van der Waals surface area contributed by atoms with Crippen molar-refractivity contribution in [3.05, 3.63) is 41.2 Å². The second kappa shape index (κ2) is 4.50. The van der Waals surface area contributed by atoms with Gasteiger partial charge in [0.05, 0.1) is 10.6 Å². The molecule has 0 aromatic carbocycles. The molecule has 2 aliphatic heterocycles.